The van der Waals surface area contributed by atoms with E-state index in [1.165, 1.54) is 0 Å². The maximum absolute atomic E-state index is 16.2. The second kappa shape index (κ2) is 9.63. The Morgan fingerprint density at radius 3 is 2.95 bits per heavy atom. The zero-order valence-electron chi connectivity index (χ0n) is 62.9. The second-order valence-electron chi connectivity index (χ2n) is 8.23. The number of fused-ring (bicyclic) bond motifs is 7. The van der Waals surface area contributed by atoms with Gasteiger partial charge in [-0.1, -0.05) is 58.2 Å². The Hall–Kier alpha value is -1.83. The largest absolute Gasteiger partial charge is 0.457 e. The summed E-state index contributed by atoms with van der Waals surface area (Å²) in [5.41, 5.74) is -20.6. The first kappa shape index (κ1) is 6.55. The molecule has 9 atom stereocenters. The van der Waals surface area contributed by atoms with Crippen molar-refractivity contribution in [2.45, 2.75) is 109 Å². The molecule has 0 bridgehead atoms. The maximum Gasteiger partial charge on any atom is 0.308 e. The smallest absolute Gasteiger partial charge is 0.308 e. The molecule has 0 radical (unpaired) electrons. The third kappa shape index (κ3) is 3.97. The second-order valence-corrected chi connectivity index (χ2v) is 8.23. The van der Waals surface area contributed by atoms with Gasteiger partial charge < -0.3 is 19.3 Å². The summed E-state index contributed by atoms with van der Waals surface area (Å²) < 4.78 is 408. The van der Waals surface area contributed by atoms with E-state index in [1.54, 1.807) is 0 Å². The molecule has 0 unspecified atom stereocenters. The first-order chi connectivity index (χ1) is 35.8. The van der Waals surface area contributed by atoms with Crippen LogP contribution in [0.3, 0.4) is 0 Å². The molecule has 1 heterocycles. The van der Waals surface area contributed by atoms with Gasteiger partial charge in [0.15, 0.2) is 24.2 Å². The molecule has 5 fully saturated rings. The lowest BCUT2D eigenvalue weighted by atomic mass is 9.46. The molecule has 39 heavy (non-hydrogen) atoms. The average molecular weight is 585 g/mol. The third-order valence-corrected chi connectivity index (χ3v) is 6.06. The number of Topliss-reactive ketones (excluding diaryl/α,β-unsaturated/α-hetero) is 1. The van der Waals surface area contributed by atoms with Crippen molar-refractivity contribution in [1.29, 1.82) is 1.43 Å². The van der Waals surface area contributed by atoms with Crippen molar-refractivity contribution in [2.24, 2.45) is 40.3 Å². The standard InChI is InChI=1S/C32H44O7/c1-18(2)28(36)37-17-25(35)32-26(38-29(39-32)19-8-6-5-7-9-19)15-23-22-11-10-20-14-21(33)12-13-30(20,3)27(22)24(34)16-31(23,32)4/h12-14,18-19,22-24,26-27,29,34H,5-11,15-17H2,1-4H3/t22-,23-,24-,26+,27+,29-,30-,31-,32+/m0/s1/i1D3,2D3,3D3,4D3,5D2,6D2,7D2,8D2,9D2,10D2,11D2,12D,13D,14D,15D2,16D2,17D2,18D,19D,22D,23D,24D,26D,27D,29D,34D. The van der Waals surface area contributed by atoms with Crippen molar-refractivity contribution in [3.63, 3.8) is 0 Å². The van der Waals surface area contributed by atoms with Crippen LogP contribution in [-0.4, -0.2) is 54.7 Å². The number of carbonyl (C=O) groups is 3. The molecule has 7 heteroatoms. The Balaban J connectivity index is 2.07. The third-order valence-electron chi connectivity index (χ3n) is 6.06. The predicted molar refractivity (Wildman–Crippen MR) is 143 cm³/mol. The van der Waals surface area contributed by atoms with Gasteiger partial charge in [0.1, 0.15) is 0 Å². The van der Waals surface area contributed by atoms with Gasteiger partial charge in [0, 0.05) is 70.6 Å². The molecule has 6 aliphatic rings. The van der Waals surface area contributed by atoms with Crippen molar-refractivity contribution in [3.05, 3.63) is 23.7 Å². The Morgan fingerprint density at radius 1 is 1.36 bits per heavy atom. The van der Waals surface area contributed by atoms with Gasteiger partial charge in [-0.2, -0.15) is 0 Å². The lowest BCUT2D eigenvalue weighted by molar-refractivity contribution is -0.210. The summed E-state index contributed by atoms with van der Waals surface area (Å²) in [5, 5.41) is 4.32. The highest BCUT2D eigenvalue weighted by Crippen LogP contribution is 2.70. The van der Waals surface area contributed by atoms with Gasteiger partial charge in [0.25, 0.3) is 0 Å². The molecular formula is C32H44O7. The summed E-state index contributed by atoms with van der Waals surface area (Å²) in [6, 6.07) is -7.15. The molecular weight excluding hydrogens is 496 g/mol. The first-order valence-electron chi connectivity index (χ1n) is 32.4. The van der Waals surface area contributed by atoms with Crippen LogP contribution in [0.4, 0.5) is 0 Å². The minimum Gasteiger partial charge on any atom is -0.457 e. The summed E-state index contributed by atoms with van der Waals surface area (Å²) in [7, 11) is 0. The number of ketones is 2. The fraction of sp³-hybridized carbons (Fsp3) is 0.781. The van der Waals surface area contributed by atoms with E-state index >= 15 is 4.79 Å². The van der Waals surface area contributed by atoms with E-state index in [0.717, 1.165) is 0 Å². The van der Waals surface area contributed by atoms with Gasteiger partial charge in [0.2, 0.25) is 7.21 Å². The highest BCUT2D eigenvalue weighted by molar-refractivity contribution is 6.01. The van der Waals surface area contributed by atoms with Crippen molar-refractivity contribution in [1.82, 2.24) is 0 Å². The summed E-state index contributed by atoms with van der Waals surface area (Å²) in [6.07, 6.45) is -66.1. The SMILES string of the molecule is [2H]O[C@@]1([2H])C([2H])([2H])[C@]2(C([2H])([2H])[2H])[C@]3(C(=O)C([2H])([2H])OC(=O)C([2H])(C([2H])([2H])[2H])C([2H])([2H])[2H])O[C@@]([2H])(C4([2H])C([2H])([2H])C([2H])([2H])C([2H])([2H])C([2H])([2H])C4([2H])[2H])O[C@]3([2H])C([2H])([2H])[C@@]2([2H])[C@]2([2H])C([2H])([2H])C([2H])([2H])C3=C([2H])C(=O)C([2H])=C([2H])[C@]3(C([2H])([2H])[2H])[C@]21[2H]. The van der Waals surface area contributed by atoms with Crippen LogP contribution >= 0.6 is 0 Å². The van der Waals surface area contributed by atoms with Gasteiger partial charge in [-0.05, 0) is 62.1 Å². The van der Waals surface area contributed by atoms with Crippen molar-refractivity contribution in [3.8, 4) is 0 Å². The minimum atomic E-state index is -6.45. The van der Waals surface area contributed by atoms with Crippen molar-refractivity contribution >= 4 is 17.5 Å². The highest BCUT2D eigenvalue weighted by atomic mass is 16.7. The van der Waals surface area contributed by atoms with E-state index in [1.807, 2.05) is 0 Å². The van der Waals surface area contributed by atoms with Crippen LogP contribution in [0.2, 0.25) is 0 Å². The molecule has 1 N–H and O–H groups in total. The number of carbonyl (C=O) groups excluding carboxylic acids is 3. The Labute approximate surface area is 293 Å². The monoisotopic (exact) mass is 585 g/mol. The molecule has 214 valence electrons. The predicted octanol–water partition coefficient (Wildman–Crippen LogP) is 4.70. The highest BCUT2D eigenvalue weighted by Gasteiger charge is 2.76. The zero-order valence-corrected chi connectivity index (χ0v) is 18.9. The first-order valence-corrected chi connectivity index (χ1v) is 10.5. The average Bonchev–Trinajstić information content (AvgIpc) is 1.53. The summed E-state index contributed by atoms with van der Waals surface area (Å²) >= 11 is 0. The van der Waals surface area contributed by atoms with Crippen LogP contribution in [-0.2, 0) is 28.6 Å². The van der Waals surface area contributed by atoms with Gasteiger partial charge in [-0.15, -0.1) is 0 Å². The molecule has 5 aliphatic carbocycles. The summed E-state index contributed by atoms with van der Waals surface area (Å²) in [6.45, 7) is -26.1. The summed E-state index contributed by atoms with van der Waals surface area (Å²) in [5.74, 6) is -38.5. The Morgan fingerprint density at radius 2 is 2.21 bits per heavy atom. The molecule has 7 nitrogen and oxygen atoms in total. The topological polar surface area (TPSA) is 99.1 Å². The molecule has 6 rings (SSSR count). The van der Waals surface area contributed by atoms with Gasteiger partial charge in [0.05, 0.1) is 29.0 Å². The van der Waals surface area contributed by atoms with E-state index in [9.17, 15) is 34.3 Å². The molecule has 1 aliphatic heterocycles. The van der Waals surface area contributed by atoms with Crippen LogP contribution in [0.15, 0.2) is 23.7 Å². The number of ether oxygens (including phenoxy) is 3. The fourth-order valence-corrected chi connectivity index (χ4v) is 4.35. The van der Waals surface area contributed by atoms with Crippen molar-refractivity contribution in [2.75, 3.05) is 6.56 Å². The number of hydrogen-bond donors (Lipinski definition) is 1. The van der Waals surface area contributed by atoms with Gasteiger partial charge >= 0.3 is 5.97 Å². The minimum absolute atomic E-state index is 2.25. The number of esters is 1. The van der Waals surface area contributed by atoms with E-state index in [2.05, 4.69) is 9.85 Å². The zero-order chi connectivity index (χ0) is 66.4. The van der Waals surface area contributed by atoms with Crippen molar-refractivity contribution < 1.29 is 92.6 Å². The number of aliphatic hydroxyl groups is 1. The van der Waals surface area contributed by atoms with Gasteiger partial charge in [-0.25, -0.2) is 0 Å². The maximum atomic E-state index is 16.2. The van der Waals surface area contributed by atoms with E-state index in [4.69, 9.17) is 45.2 Å². The van der Waals surface area contributed by atoms with Gasteiger partial charge in [-0.3, -0.25) is 14.4 Å². The van der Waals surface area contributed by atoms with Crippen LogP contribution < -0.4 is 0 Å². The van der Waals surface area contributed by atoms with E-state index < -0.39 is 197 Å². The van der Waals surface area contributed by atoms with Crippen LogP contribution in [0, 0.1) is 40.3 Å². The lowest BCUT2D eigenvalue weighted by Crippen LogP contribution is -2.63. The molecule has 0 aromatic rings. The molecule has 0 amide bonds. The molecule has 4 saturated carbocycles. The lowest BCUT2D eigenvalue weighted by Gasteiger charge is -2.59. The Bertz CT molecular complexity index is 2900. The normalized spacial score (nSPS) is 88.3. The van der Waals surface area contributed by atoms with Crippen LogP contribution in [0.25, 0.3) is 0 Å². The molecule has 0 aromatic carbocycles. The van der Waals surface area contributed by atoms with Crippen LogP contribution in [0.1, 0.15) is 144 Å². The summed E-state index contributed by atoms with van der Waals surface area (Å²) in [4.78, 5) is 43.6. The van der Waals surface area contributed by atoms with E-state index in [0.29, 0.717) is 0 Å². The van der Waals surface area contributed by atoms with E-state index in [-0.39, 0.29) is 0 Å². The number of hydrogen-bond acceptors (Lipinski definition) is 7. The number of rotatable bonds is 6. The fourth-order valence-electron chi connectivity index (χ4n) is 4.35. The molecule has 0 spiro atoms. The quantitative estimate of drug-likeness (QED) is 0.452. The van der Waals surface area contributed by atoms with Crippen LogP contribution in [0.5, 0.6) is 0 Å². The molecule has 1 saturated heterocycles. The molecule has 0 aromatic heterocycles. The number of allylic oxidation sites excluding steroid dienone is 4. The Kier molecular flexibility index (Phi) is 1.62.